The van der Waals surface area contributed by atoms with Crippen LogP contribution < -0.4 is 43.6 Å². The van der Waals surface area contributed by atoms with E-state index in [1.54, 1.807) is 13.8 Å². The average Bonchev–Trinajstić information content (AvgIpc) is 4.11. The van der Waals surface area contributed by atoms with Crippen LogP contribution in [0.25, 0.3) is 11.2 Å². The SMILES string of the molecule is COC1[C@@H](OP([O-])(=S)OCCCO)[C@@H](COP(=O)([S-])O[C@@H]2C[C@H](n3cc(C)c(=O)[nH]c3=O)O[C@@H]2COP([O-])(=S)O[C@@H]2C[C@H](n3cnc4c(=O)[nH]c(N)nc43)O[C@@H]2COP(=S)([S-])OC(C)C)O[C@H]1n1cc(C)c(=O)[nH]c1=O. The minimum Gasteiger partial charge on any atom is -0.780 e. The number of imidazole rings is 1. The third-order valence-electron chi connectivity index (χ3n) is 11.4. The van der Waals surface area contributed by atoms with Crippen molar-refractivity contribution in [2.75, 3.05) is 45.9 Å². The van der Waals surface area contributed by atoms with Gasteiger partial charge in [0.05, 0.1) is 56.8 Å². The first-order valence-electron chi connectivity index (χ1n) is 22.6. The molecule has 3 saturated heterocycles. The van der Waals surface area contributed by atoms with E-state index in [2.05, 4.69) is 24.9 Å². The number of nitrogens with two attached hydrogens (primary N) is 1. The molecule has 39 heteroatoms. The number of ether oxygens (including phenoxy) is 4. The Hall–Kier alpha value is -2.21. The predicted molar refractivity (Wildman–Crippen MR) is 278 cm³/mol. The minimum atomic E-state index is -4.77. The maximum absolute atomic E-state index is 14.2. The van der Waals surface area contributed by atoms with Crippen LogP contribution in [0.5, 0.6) is 0 Å². The Morgan fingerprint density at radius 3 is 1.97 bits per heavy atom. The number of aliphatic hydroxyl groups excluding tert-OH is 1. The van der Waals surface area contributed by atoms with Gasteiger partial charge in [-0.3, -0.25) is 47.6 Å². The van der Waals surface area contributed by atoms with E-state index in [-0.39, 0.29) is 73.4 Å². The summed E-state index contributed by atoms with van der Waals surface area (Å²) in [4.78, 5) is 106. The Morgan fingerprint density at radius 1 is 0.789 bits per heavy atom. The highest BCUT2D eigenvalue weighted by atomic mass is 32.9. The van der Waals surface area contributed by atoms with Crippen LogP contribution >= 0.6 is 25.9 Å². The molecule has 3 aliphatic heterocycles. The van der Waals surface area contributed by atoms with Crippen LogP contribution in [-0.2, 0) is 120 Å². The topological polar surface area (TPSA) is 393 Å². The fourth-order valence-electron chi connectivity index (χ4n) is 8.03. The number of nitrogen functional groups attached to an aromatic ring is 1. The van der Waals surface area contributed by atoms with Crippen LogP contribution in [0.1, 0.15) is 62.9 Å². The summed E-state index contributed by atoms with van der Waals surface area (Å²) in [5.41, 5.74) is -1.11. The van der Waals surface area contributed by atoms with Crippen molar-refractivity contribution >= 4 is 103 Å². The fraction of sp³-hybridized carbons (Fsp3) is 0.649. The molecule has 4 aromatic rings. The normalized spacial score (nSPS) is 28.1. The Morgan fingerprint density at radius 2 is 1.36 bits per heavy atom. The molecule has 7 rings (SSSR count). The number of aliphatic hydroxyl groups is 1. The summed E-state index contributed by atoms with van der Waals surface area (Å²) in [6, 6.07) is 0. The number of hydrogen-bond acceptors (Lipinski definition) is 29. The minimum absolute atomic E-state index is 0.0416. The fourth-order valence-corrected chi connectivity index (χ4v) is 14.7. The van der Waals surface area contributed by atoms with Crippen LogP contribution in [-0.4, -0.2) is 133 Å². The summed E-state index contributed by atoms with van der Waals surface area (Å²) in [7, 11) is 1.21. The lowest BCUT2D eigenvalue weighted by Crippen LogP contribution is -2.41. The zero-order valence-electron chi connectivity index (χ0n) is 40.5. The molecule has 6 N–H and O–H groups in total. The number of fused-ring (bicyclic) bond motifs is 1. The molecule has 0 aromatic carbocycles. The van der Waals surface area contributed by atoms with E-state index in [1.165, 1.54) is 44.2 Å². The Labute approximate surface area is 456 Å². The highest BCUT2D eigenvalue weighted by molar-refractivity contribution is 8.51. The Kier molecular flexibility index (Phi) is 20.4. The third kappa shape index (κ3) is 15.4. The number of hydrogen-bond donors (Lipinski definition) is 5. The molecule has 0 spiro atoms. The van der Waals surface area contributed by atoms with Gasteiger partial charge in [0.25, 0.3) is 16.7 Å². The number of methoxy groups -OCH3 is 1. The van der Waals surface area contributed by atoms with Gasteiger partial charge in [-0.1, -0.05) is 35.4 Å². The molecule has 424 valence electrons. The van der Waals surface area contributed by atoms with Gasteiger partial charge >= 0.3 is 11.4 Å². The molecule has 0 saturated carbocycles. The smallest absolute Gasteiger partial charge is 0.330 e. The van der Waals surface area contributed by atoms with E-state index >= 15 is 0 Å². The summed E-state index contributed by atoms with van der Waals surface area (Å²) >= 11 is 26.6. The number of nitrogens with one attached hydrogen (secondary N) is 3. The van der Waals surface area contributed by atoms with Crippen LogP contribution in [0.2, 0.25) is 0 Å². The molecule has 30 nitrogen and oxygen atoms in total. The first kappa shape index (κ1) is 61.4. The first-order chi connectivity index (χ1) is 35.6. The molecule has 0 bridgehead atoms. The summed E-state index contributed by atoms with van der Waals surface area (Å²) in [5.74, 6) is -0.208. The van der Waals surface area contributed by atoms with E-state index in [1.807, 2.05) is 0 Å². The van der Waals surface area contributed by atoms with E-state index < -0.39 is 129 Å². The van der Waals surface area contributed by atoms with Crippen molar-refractivity contribution in [3.63, 3.8) is 0 Å². The second kappa shape index (κ2) is 25.3. The Balaban J connectivity index is 1.11. The van der Waals surface area contributed by atoms with E-state index in [9.17, 15) is 43.4 Å². The molecule has 3 aliphatic rings. The van der Waals surface area contributed by atoms with Crippen molar-refractivity contribution < 1.29 is 74.6 Å². The van der Waals surface area contributed by atoms with Gasteiger partial charge < -0.3 is 100 Å². The Bertz CT molecular complexity index is 3250. The van der Waals surface area contributed by atoms with E-state index in [4.69, 9.17) is 121 Å². The lowest BCUT2D eigenvalue weighted by Gasteiger charge is -2.35. The van der Waals surface area contributed by atoms with Crippen molar-refractivity contribution in [2.45, 2.75) is 114 Å². The van der Waals surface area contributed by atoms with Crippen LogP contribution in [0.3, 0.4) is 0 Å². The second-order valence-corrected chi connectivity index (χ2v) is 30.4. The molecule has 76 heavy (non-hydrogen) atoms. The quantitative estimate of drug-likeness (QED) is 0.0318. The van der Waals surface area contributed by atoms with Crippen molar-refractivity contribution in [3.8, 4) is 0 Å². The molecular weight excluding hydrogens is 1190 g/mol. The van der Waals surface area contributed by atoms with Gasteiger partial charge in [0, 0.05) is 50.1 Å². The van der Waals surface area contributed by atoms with Crippen molar-refractivity contribution in [1.82, 2.24) is 38.6 Å². The summed E-state index contributed by atoms with van der Waals surface area (Å²) in [6.07, 6.45) is -10.3. The van der Waals surface area contributed by atoms with Crippen molar-refractivity contribution in [1.29, 1.82) is 0 Å². The molecule has 7 heterocycles. The molecule has 0 amide bonds. The van der Waals surface area contributed by atoms with Gasteiger partial charge in [0.2, 0.25) is 5.95 Å². The number of nitrogens with zero attached hydrogens (tertiary/aromatic N) is 5. The maximum atomic E-state index is 14.2. The molecule has 0 radical (unpaired) electrons. The van der Waals surface area contributed by atoms with Crippen LogP contribution in [0.15, 0.2) is 42.7 Å². The third-order valence-corrected chi connectivity index (χ3v) is 18.4. The number of aryl methyl sites for hydroxylation is 2. The molecule has 0 aliphatic carbocycles. The second-order valence-electron chi connectivity index (χ2n) is 17.3. The largest absolute Gasteiger partial charge is 0.780 e. The summed E-state index contributed by atoms with van der Waals surface area (Å²) in [6.45, 7) is -10.0. The monoisotopic (exact) mass is 1240 g/mol. The van der Waals surface area contributed by atoms with Crippen molar-refractivity contribution in [3.05, 3.63) is 81.9 Å². The van der Waals surface area contributed by atoms with Gasteiger partial charge in [-0.15, -0.1) is 0 Å². The number of rotatable bonds is 25. The van der Waals surface area contributed by atoms with Gasteiger partial charge in [-0.25, -0.2) is 14.6 Å². The molecule has 3 fully saturated rings. The predicted octanol–water partition coefficient (Wildman–Crippen LogP) is -0.468. The standard InChI is InChI=1S/C37H55N9O21P4S5/c1-17(2)64-71(75,76)60-14-23-21(10-26(62-23)46-16-39-27-30(46)40-35(38)41-33(27)50)66-69(54,73)58-13-22-20(9-25(61-22)44-11-18(3)31(48)42-36(44)51)65-70(55,74)59-15-24-28(67-68(53,72)57-8-6-7-47)29(56-5)34(63-24)45-12-19(4)32(49)43-37(45)52/h11-12,16-17,20-26,28-29,34,47H,6-10,13-15H2,1-5H3,(H,53,72)(H,54,73)(H,55,74)(H,75,76)(H,42,48,51)(H,43,49,52)(H3,38,40,41,50)/p-4/t20-,21-,22-,23-,24-,25-,26-,28+,29?,34-,68?,69?,70?/m1/s1. The zero-order chi connectivity index (χ0) is 55.7. The summed E-state index contributed by atoms with van der Waals surface area (Å²) < 4.78 is 87.2. The van der Waals surface area contributed by atoms with Crippen molar-refractivity contribution in [2.24, 2.45) is 0 Å². The number of aromatic nitrogens is 8. The van der Waals surface area contributed by atoms with E-state index in [0.29, 0.717) is 0 Å². The van der Waals surface area contributed by atoms with Gasteiger partial charge in [0.1, 0.15) is 56.4 Å². The van der Waals surface area contributed by atoms with Gasteiger partial charge in [-0.2, -0.15) is 4.98 Å². The van der Waals surface area contributed by atoms with Crippen LogP contribution in [0, 0.1) is 13.8 Å². The summed E-state index contributed by atoms with van der Waals surface area (Å²) in [5, 5.41) is 9.22. The van der Waals surface area contributed by atoms with Gasteiger partial charge in [-0.05, 0) is 34.1 Å². The maximum Gasteiger partial charge on any atom is 0.330 e. The number of H-pyrrole nitrogens is 3. The molecular formula is C37H51N9O21P4S5-4. The molecule has 4 aromatic heterocycles. The number of anilines is 1. The highest BCUT2D eigenvalue weighted by Gasteiger charge is 2.49. The van der Waals surface area contributed by atoms with E-state index in [0.717, 1.165) is 9.13 Å². The lowest BCUT2D eigenvalue weighted by atomic mass is 10.1. The number of aromatic amines is 3. The lowest BCUT2D eigenvalue weighted by molar-refractivity contribution is -0.216. The average molecular weight is 1240 g/mol. The highest BCUT2D eigenvalue weighted by Crippen LogP contribution is 2.54. The molecule has 14 atom stereocenters. The molecule has 5 unspecified atom stereocenters. The first-order valence-corrected chi connectivity index (χ1v) is 33.9. The van der Waals surface area contributed by atoms with Gasteiger partial charge in [0.15, 0.2) is 24.2 Å². The van der Waals surface area contributed by atoms with Crippen LogP contribution in [0.4, 0.5) is 5.95 Å². The zero-order valence-corrected chi connectivity index (χ0v) is 48.2.